The fourth-order valence-corrected chi connectivity index (χ4v) is 1.05. The van der Waals surface area contributed by atoms with E-state index in [4.69, 9.17) is 15.3 Å². The van der Waals surface area contributed by atoms with E-state index in [1.165, 1.54) is 12.4 Å². The smallest absolute Gasteiger partial charge is 0.0700 e. The van der Waals surface area contributed by atoms with Gasteiger partial charge in [0, 0.05) is 23.5 Å². The van der Waals surface area contributed by atoms with Crippen LogP contribution in [0.3, 0.4) is 0 Å². The maximum atomic E-state index is 8.91. The van der Waals surface area contributed by atoms with E-state index in [1.54, 1.807) is 0 Å². The summed E-state index contributed by atoms with van der Waals surface area (Å²) in [5.74, 6) is 0. The molecular weight excluding hydrogens is 158 g/mol. The molecule has 0 saturated heterocycles. The summed E-state index contributed by atoms with van der Waals surface area (Å²) < 4.78 is 0. The van der Waals surface area contributed by atoms with Crippen molar-refractivity contribution in [1.82, 2.24) is 4.98 Å². The lowest BCUT2D eigenvalue weighted by atomic mass is 10.1. The number of hydrogen-bond acceptors (Lipinski definition) is 4. The molecule has 0 aromatic carbocycles. The van der Waals surface area contributed by atoms with E-state index in [9.17, 15) is 0 Å². The van der Waals surface area contributed by atoms with Crippen LogP contribution in [0.2, 0.25) is 0 Å². The Hall–Kier alpha value is -0.970. The van der Waals surface area contributed by atoms with E-state index in [0.717, 1.165) is 0 Å². The molecule has 1 heterocycles. The Morgan fingerprint density at radius 1 is 0.917 bits per heavy atom. The molecule has 66 valence electrons. The Balaban J connectivity index is 3.13. The van der Waals surface area contributed by atoms with Gasteiger partial charge in [0.1, 0.15) is 0 Å². The third-order valence-corrected chi connectivity index (χ3v) is 1.73. The lowest BCUT2D eigenvalue weighted by Crippen LogP contribution is -2.01. The lowest BCUT2D eigenvalue weighted by molar-refractivity contribution is 0.247. The van der Waals surface area contributed by atoms with Crippen LogP contribution in [0, 0.1) is 0 Å². The average Bonchev–Trinajstić information content (AvgIpc) is 2.16. The largest absolute Gasteiger partial charge is 0.392 e. The van der Waals surface area contributed by atoms with Crippen molar-refractivity contribution in [2.75, 3.05) is 0 Å². The highest BCUT2D eigenvalue weighted by Crippen LogP contribution is 2.13. The number of hydrogen-bond donors (Lipinski definition) is 3. The van der Waals surface area contributed by atoms with Crippen molar-refractivity contribution < 1.29 is 15.3 Å². The molecule has 1 aromatic heterocycles. The van der Waals surface area contributed by atoms with Gasteiger partial charge in [0.25, 0.3) is 0 Å². The van der Waals surface area contributed by atoms with E-state index < -0.39 is 0 Å². The Morgan fingerprint density at radius 2 is 1.42 bits per heavy atom. The highest BCUT2D eigenvalue weighted by molar-refractivity contribution is 5.30. The summed E-state index contributed by atoms with van der Waals surface area (Å²) in [7, 11) is 0. The summed E-state index contributed by atoms with van der Waals surface area (Å²) in [6, 6.07) is 0. The fraction of sp³-hybridized carbons (Fsp3) is 0.375. The fourth-order valence-electron chi connectivity index (χ4n) is 1.05. The molecule has 12 heavy (non-hydrogen) atoms. The van der Waals surface area contributed by atoms with Crippen LogP contribution in [0.1, 0.15) is 16.7 Å². The standard InChI is InChI=1S/C8H11NO3/c10-3-6-1-9-2-7(4-11)8(6)5-12/h1-2,10-12H,3-5H2. The van der Waals surface area contributed by atoms with Crippen LogP contribution >= 0.6 is 0 Å². The highest BCUT2D eigenvalue weighted by atomic mass is 16.3. The van der Waals surface area contributed by atoms with Gasteiger partial charge in [-0.2, -0.15) is 0 Å². The molecule has 0 amide bonds. The molecule has 1 rings (SSSR count). The molecule has 0 fully saturated rings. The summed E-state index contributed by atoms with van der Waals surface area (Å²) in [5, 5.41) is 26.6. The molecule has 4 heteroatoms. The Labute approximate surface area is 70.1 Å². The molecule has 3 N–H and O–H groups in total. The summed E-state index contributed by atoms with van der Waals surface area (Å²) in [6.45, 7) is -0.526. The minimum Gasteiger partial charge on any atom is -0.392 e. The van der Waals surface area contributed by atoms with Crippen molar-refractivity contribution >= 4 is 0 Å². The van der Waals surface area contributed by atoms with Crippen LogP contribution in [-0.2, 0) is 19.8 Å². The molecule has 0 atom stereocenters. The minimum absolute atomic E-state index is 0.170. The topological polar surface area (TPSA) is 73.6 Å². The molecule has 0 radical (unpaired) electrons. The molecule has 0 aliphatic rings. The van der Waals surface area contributed by atoms with Crippen molar-refractivity contribution in [3.8, 4) is 0 Å². The molecule has 0 unspecified atom stereocenters. The van der Waals surface area contributed by atoms with E-state index in [2.05, 4.69) is 4.98 Å². The van der Waals surface area contributed by atoms with Gasteiger partial charge in [-0.1, -0.05) is 0 Å². The Morgan fingerprint density at radius 3 is 1.75 bits per heavy atom. The molecule has 0 spiro atoms. The summed E-state index contributed by atoms with van der Waals surface area (Å²) in [6.07, 6.45) is 2.95. The quantitative estimate of drug-likeness (QED) is 0.573. The maximum absolute atomic E-state index is 8.91. The van der Waals surface area contributed by atoms with E-state index >= 15 is 0 Å². The zero-order valence-electron chi connectivity index (χ0n) is 6.56. The third kappa shape index (κ3) is 1.61. The number of aliphatic hydroxyl groups is 3. The number of nitrogens with zero attached hydrogens (tertiary/aromatic N) is 1. The van der Waals surface area contributed by atoms with Crippen LogP contribution in [0.5, 0.6) is 0 Å². The van der Waals surface area contributed by atoms with Gasteiger partial charge in [0.15, 0.2) is 0 Å². The van der Waals surface area contributed by atoms with Gasteiger partial charge >= 0.3 is 0 Å². The first-order valence-electron chi connectivity index (χ1n) is 3.60. The second kappa shape index (κ2) is 4.15. The predicted octanol–water partition coefficient (Wildman–Crippen LogP) is -0.442. The van der Waals surface area contributed by atoms with Gasteiger partial charge < -0.3 is 15.3 Å². The summed E-state index contributed by atoms with van der Waals surface area (Å²) >= 11 is 0. The number of aromatic nitrogens is 1. The summed E-state index contributed by atoms with van der Waals surface area (Å²) in [4.78, 5) is 3.80. The molecule has 4 nitrogen and oxygen atoms in total. The van der Waals surface area contributed by atoms with Gasteiger partial charge in [-0.25, -0.2) is 0 Å². The monoisotopic (exact) mass is 169 g/mol. The second-order valence-corrected chi connectivity index (χ2v) is 2.41. The van der Waals surface area contributed by atoms with Gasteiger partial charge in [0.2, 0.25) is 0 Å². The van der Waals surface area contributed by atoms with Crippen LogP contribution in [-0.4, -0.2) is 20.3 Å². The van der Waals surface area contributed by atoms with E-state index in [-0.39, 0.29) is 19.8 Å². The Kier molecular flexibility index (Phi) is 3.16. The Bertz CT molecular complexity index is 240. The molecule has 0 aliphatic heterocycles. The van der Waals surface area contributed by atoms with Crippen molar-refractivity contribution in [3.05, 3.63) is 29.1 Å². The van der Waals surface area contributed by atoms with Crippen LogP contribution < -0.4 is 0 Å². The van der Waals surface area contributed by atoms with Gasteiger partial charge in [-0.15, -0.1) is 0 Å². The first-order valence-corrected chi connectivity index (χ1v) is 3.60. The first kappa shape index (κ1) is 9.12. The minimum atomic E-state index is -0.186. The highest BCUT2D eigenvalue weighted by Gasteiger charge is 2.05. The average molecular weight is 169 g/mol. The van der Waals surface area contributed by atoms with Crippen molar-refractivity contribution in [3.63, 3.8) is 0 Å². The van der Waals surface area contributed by atoms with E-state index in [1.807, 2.05) is 0 Å². The predicted molar refractivity (Wildman–Crippen MR) is 42.0 cm³/mol. The summed E-state index contributed by atoms with van der Waals surface area (Å²) in [5.41, 5.74) is 1.68. The molecule has 1 aromatic rings. The lowest BCUT2D eigenvalue weighted by Gasteiger charge is -2.07. The van der Waals surface area contributed by atoms with Crippen LogP contribution in [0.4, 0.5) is 0 Å². The van der Waals surface area contributed by atoms with E-state index in [0.29, 0.717) is 16.7 Å². The third-order valence-electron chi connectivity index (χ3n) is 1.73. The number of aliphatic hydroxyl groups excluding tert-OH is 3. The zero-order valence-corrected chi connectivity index (χ0v) is 6.56. The molecule has 0 bridgehead atoms. The number of pyridine rings is 1. The van der Waals surface area contributed by atoms with Crippen molar-refractivity contribution in [2.24, 2.45) is 0 Å². The SMILES string of the molecule is OCc1cncc(CO)c1CO. The van der Waals surface area contributed by atoms with Crippen LogP contribution in [0.25, 0.3) is 0 Å². The maximum Gasteiger partial charge on any atom is 0.0700 e. The normalized spacial score (nSPS) is 10.2. The van der Waals surface area contributed by atoms with Gasteiger partial charge in [0.05, 0.1) is 19.8 Å². The van der Waals surface area contributed by atoms with Gasteiger partial charge in [-0.05, 0) is 5.56 Å². The second-order valence-electron chi connectivity index (χ2n) is 2.41. The molecule has 0 aliphatic carbocycles. The zero-order chi connectivity index (χ0) is 8.97. The first-order chi connectivity index (χ1) is 5.83. The van der Waals surface area contributed by atoms with Crippen molar-refractivity contribution in [1.29, 1.82) is 0 Å². The van der Waals surface area contributed by atoms with Crippen LogP contribution in [0.15, 0.2) is 12.4 Å². The van der Waals surface area contributed by atoms with Gasteiger partial charge in [-0.3, -0.25) is 4.98 Å². The molecule has 0 saturated carbocycles. The number of rotatable bonds is 3. The van der Waals surface area contributed by atoms with Crippen molar-refractivity contribution in [2.45, 2.75) is 19.8 Å². The molecular formula is C8H11NO3.